The number of hydrogen-bond donors (Lipinski definition) is 2. The van der Waals surface area contributed by atoms with Crippen molar-refractivity contribution in [2.75, 3.05) is 6.54 Å². The van der Waals surface area contributed by atoms with Crippen LogP contribution in [0.2, 0.25) is 0 Å². The van der Waals surface area contributed by atoms with E-state index in [2.05, 4.69) is 5.32 Å². The summed E-state index contributed by atoms with van der Waals surface area (Å²) in [5.74, 6) is 1.41. The molecular weight excluding hydrogens is 563 g/mol. The number of nitrogens with zero attached hydrogens (tertiary/aromatic N) is 1. The molecule has 8 nitrogen and oxygen atoms in total. The zero-order valence-electron chi connectivity index (χ0n) is 27.0. The van der Waals surface area contributed by atoms with E-state index in [1.807, 2.05) is 26.8 Å². The van der Waals surface area contributed by atoms with E-state index in [0.717, 1.165) is 25.7 Å². The van der Waals surface area contributed by atoms with E-state index in [9.17, 15) is 19.1 Å². The van der Waals surface area contributed by atoms with E-state index in [4.69, 9.17) is 14.2 Å². The van der Waals surface area contributed by atoms with Crippen LogP contribution in [-0.4, -0.2) is 34.0 Å². The molecule has 1 fully saturated rings. The molecule has 2 aromatic carbocycles. The van der Waals surface area contributed by atoms with Crippen LogP contribution in [0, 0.1) is 25.6 Å². The van der Waals surface area contributed by atoms with Gasteiger partial charge in [0, 0.05) is 37.0 Å². The second kappa shape index (κ2) is 13.0. The van der Waals surface area contributed by atoms with Gasteiger partial charge in [0.15, 0.2) is 0 Å². The first-order chi connectivity index (χ1) is 20.5. The van der Waals surface area contributed by atoms with Crippen LogP contribution >= 0.6 is 0 Å². The smallest absolute Gasteiger partial charge is 0.407 e. The van der Waals surface area contributed by atoms with Crippen molar-refractivity contribution >= 4 is 6.09 Å². The average molecular weight is 609 g/mol. The summed E-state index contributed by atoms with van der Waals surface area (Å²) >= 11 is 0. The molecule has 0 spiro atoms. The Balaban J connectivity index is 1.62. The number of benzene rings is 2. The van der Waals surface area contributed by atoms with Crippen molar-refractivity contribution in [2.24, 2.45) is 13.0 Å². The molecule has 0 bridgehead atoms. The van der Waals surface area contributed by atoms with Crippen LogP contribution in [0.15, 0.2) is 47.4 Å². The quantitative estimate of drug-likeness (QED) is 0.279. The van der Waals surface area contributed by atoms with Gasteiger partial charge < -0.3 is 29.2 Å². The lowest BCUT2D eigenvalue weighted by Gasteiger charge is -2.30. The predicted molar refractivity (Wildman–Crippen MR) is 169 cm³/mol. The number of rotatable bonds is 8. The first-order valence-electron chi connectivity index (χ1n) is 15.2. The molecule has 1 aliphatic rings. The monoisotopic (exact) mass is 608 g/mol. The largest absolute Gasteiger partial charge is 0.490 e. The summed E-state index contributed by atoms with van der Waals surface area (Å²) in [5, 5.41) is 13.7. The lowest BCUT2D eigenvalue weighted by molar-refractivity contribution is 0.0507. The van der Waals surface area contributed by atoms with E-state index < -0.39 is 17.3 Å². The van der Waals surface area contributed by atoms with Gasteiger partial charge in [-0.05, 0) is 121 Å². The summed E-state index contributed by atoms with van der Waals surface area (Å²) in [6, 6.07) is 9.75. The Morgan fingerprint density at radius 3 is 2.20 bits per heavy atom. The van der Waals surface area contributed by atoms with Gasteiger partial charge in [-0.2, -0.15) is 0 Å². The highest BCUT2D eigenvalue weighted by Gasteiger charge is 2.27. The number of carbonyl (C=O) groups is 1. The molecule has 9 heteroatoms. The van der Waals surface area contributed by atoms with Crippen LogP contribution < -0.4 is 20.3 Å². The van der Waals surface area contributed by atoms with Gasteiger partial charge in [0.05, 0.1) is 11.7 Å². The van der Waals surface area contributed by atoms with Crippen LogP contribution in [0.25, 0.3) is 11.1 Å². The Hall–Kier alpha value is -3.85. The molecule has 4 rings (SSSR count). The lowest BCUT2D eigenvalue weighted by Crippen LogP contribution is -2.37. The Morgan fingerprint density at radius 1 is 0.977 bits per heavy atom. The van der Waals surface area contributed by atoms with Crippen LogP contribution in [0.5, 0.6) is 17.2 Å². The Kier molecular flexibility index (Phi) is 9.78. The molecule has 1 amide bonds. The Labute approximate surface area is 259 Å². The molecule has 0 atom stereocenters. The van der Waals surface area contributed by atoms with Crippen LogP contribution in [0.4, 0.5) is 9.18 Å². The highest BCUT2D eigenvalue weighted by molar-refractivity contribution is 5.76. The van der Waals surface area contributed by atoms with E-state index in [1.54, 1.807) is 53.1 Å². The molecule has 44 heavy (non-hydrogen) atoms. The van der Waals surface area contributed by atoms with Crippen molar-refractivity contribution in [3.8, 4) is 28.4 Å². The molecule has 2 N–H and O–H groups in total. The normalized spacial score (nSPS) is 17.2. The molecule has 3 aromatic rings. The topological polar surface area (TPSA) is 99.0 Å². The van der Waals surface area contributed by atoms with Gasteiger partial charge in [-0.25, -0.2) is 9.18 Å². The zero-order valence-corrected chi connectivity index (χ0v) is 27.0. The van der Waals surface area contributed by atoms with Crippen molar-refractivity contribution in [3.63, 3.8) is 0 Å². The number of pyridine rings is 1. The van der Waals surface area contributed by atoms with Crippen molar-refractivity contribution in [1.82, 2.24) is 9.88 Å². The molecule has 0 aliphatic heterocycles. The first kappa shape index (κ1) is 33.1. The second-order valence-electron chi connectivity index (χ2n) is 13.4. The fraction of sp³-hybridized carbons (Fsp3) is 0.486. The van der Waals surface area contributed by atoms with E-state index >= 15 is 0 Å². The number of aliphatic hydroxyl groups is 1. The summed E-state index contributed by atoms with van der Waals surface area (Å²) in [6.45, 7) is 13.0. The van der Waals surface area contributed by atoms with Crippen molar-refractivity contribution in [2.45, 2.75) is 91.5 Å². The average Bonchev–Trinajstić information content (AvgIpc) is 2.91. The molecule has 1 aliphatic carbocycles. The van der Waals surface area contributed by atoms with Gasteiger partial charge in [0.1, 0.15) is 28.7 Å². The number of halogens is 1. The zero-order chi connectivity index (χ0) is 32.4. The molecule has 238 valence electrons. The number of carbonyl (C=O) groups excluding carboxylic acids is 1. The fourth-order valence-electron chi connectivity index (χ4n) is 5.47. The third-order valence-electron chi connectivity index (χ3n) is 7.83. The van der Waals surface area contributed by atoms with Gasteiger partial charge in [-0.3, -0.25) is 4.79 Å². The standard InChI is InChI=1S/C35H45FN2O6/c1-21-15-25(36)16-22(2)32(21)43-29-14-11-24(35(6,7)41)17-27(29)28-20-38(8)31(39)18-30(28)42-26-12-9-23(10-13-26)19-37-33(40)44-34(3,4)5/h11,14-18,20,23,26,41H,9-10,12-13,19H2,1-8H3,(H,37,40). The van der Waals surface area contributed by atoms with Gasteiger partial charge in [-0.15, -0.1) is 0 Å². The number of aromatic nitrogens is 1. The summed E-state index contributed by atoms with van der Waals surface area (Å²) in [5.41, 5.74) is 1.32. The number of ether oxygens (including phenoxy) is 3. The number of nitrogens with one attached hydrogen (secondary N) is 1. The second-order valence-corrected chi connectivity index (χ2v) is 13.4. The minimum Gasteiger partial charge on any atom is -0.490 e. The van der Waals surface area contributed by atoms with Crippen LogP contribution in [0.3, 0.4) is 0 Å². The maximum Gasteiger partial charge on any atom is 0.407 e. The minimum atomic E-state index is -1.14. The highest BCUT2D eigenvalue weighted by atomic mass is 19.1. The first-order valence-corrected chi connectivity index (χ1v) is 15.2. The Bertz CT molecular complexity index is 1540. The SMILES string of the molecule is Cc1cc(F)cc(C)c1Oc1ccc(C(C)(C)O)cc1-c1cn(C)c(=O)cc1OC1CCC(CNC(=O)OC(C)(C)C)CC1. The fourth-order valence-corrected chi connectivity index (χ4v) is 5.47. The summed E-state index contributed by atoms with van der Waals surface area (Å²) < 4.78 is 33.8. The number of amides is 1. The van der Waals surface area contributed by atoms with Gasteiger partial charge in [-0.1, -0.05) is 6.07 Å². The number of hydrogen-bond acceptors (Lipinski definition) is 6. The number of alkyl carbamates (subject to hydrolysis) is 1. The van der Waals surface area contributed by atoms with Crippen molar-refractivity contribution in [1.29, 1.82) is 0 Å². The highest BCUT2D eigenvalue weighted by Crippen LogP contribution is 2.42. The third kappa shape index (κ3) is 8.40. The summed E-state index contributed by atoms with van der Waals surface area (Å²) in [4.78, 5) is 24.9. The maximum atomic E-state index is 14.0. The van der Waals surface area contributed by atoms with Gasteiger partial charge >= 0.3 is 6.09 Å². The van der Waals surface area contributed by atoms with E-state index in [1.165, 1.54) is 22.8 Å². The van der Waals surface area contributed by atoms with Gasteiger partial charge in [0.2, 0.25) is 0 Å². The summed E-state index contributed by atoms with van der Waals surface area (Å²) in [7, 11) is 1.67. The maximum absolute atomic E-state index is 14.0. The van der Waals surface area contributed by atoms with E-state index in [-0.39, 0.29) is 17.5 Å². The molecular formula is C35H45FN2O6. The molecule has 0 unspecified atom stereocenters. The minimum absolute atomic E-state index is 0.123. The lowest BCUT2D eigenvalue weighted by atomic mass is 9.87. The third-order valence-corrected chi connectivity index (χ3v) is 7.83. The predicted octanol–water partition coefficient (Wildman–Crippen LogP) is 7.29. The summed E-state index contributed by atoms with van der Waals surface area (Å²) in [6.07, 6.45) is 4.40. The van der Waals surface area contributed by atoms with Crippen LogP contribution in [-0.2, 0) is 17.4 Å². The number of aryl methyl sites for hydroxylation is 3. The molecule has 0 saturated heterocycles. The molecule has 1 aromatic heterocycles. The molecule has 1 saturated carbocycles. The molecule has 1 heterocycles. The molecule has 0 radical (unpaired) electrons. The Morgan fingerprint density at radius 2 is 1.61 bits per heavy atom. The van der Waals surface area contributed by atoms with E-state index in [0.29, 0.717) is 57.5 Å². The van der Waals surface area contributed by atoms with Crippen molar-refractivity contribution < 1.29 is 28.5 Å². The van der Waals surface area contributed by atoms with Crippen molar-refractivity contribution in [3.05, 3.63) is 75.5 Å². The van der Waals surface area contributed by atoms with Gasteiger partial charge in [0.25, 0.3) is 5.56 Å². The van der Waals surface area contributed by atoms with Crippen LogP contribution in [0.1, 0.15) is 77.0 Å².